The number of carbonyl (C=O) groups is 2. The molecule has 4 rings (SSSR count). The molecule has 2 heterocycles. The predicted octanol–water partition coefficient (Wildman–Crippen LogP) is 4.23. The highest BCUT2D eigenvalue weighted by molar-refractivity contribution is 7.18. The molecular weight excluding hydrogens is 398 g/mol. The zero-order chi connectivity index (χ0) is 20.5. The molecule has 1 atom stereocenters. The van der Waals surface area contributed by atoms with E-state index >= 15 is 0 Å². The van der Waals surface area contributed by atoms with Crippen LogP contribution in [0.5, 0.6) is 0 Å². The van der Waals surface area contributed by atoms with Crippen molar-refractivity contribution in [3.63, 3.8) is 0 Å². The maximum absolute atomic E-state index is 14.0. The summed E-state index contributed by atoms with van der Waals surface area (Å²) in [7, 11) is 0. The van der Waals surface area contributed by atoms with E-state index in [1.165, 1.54) is 17.4 Å². The van der Waals surface area contributed by atoms with Crippen molar-refractivity contribution in [2.24, 2.45) is 5.92 Å². The lowest BCUT2D eigenvalue weighted by Crippen LogP contribution is -2.41. The molecule has 29 heavy (non-hydrogen) atoms. The van der Waals surface area contributed by atoms with Gasteiger partial charge >= 0.3 is 5.97 Å². The van der Waals surface area contributed by atoms with Crippen LogP contribution in [0.25, 0.3) is 10.2 Å². The number of benzene rings is 2. The number of carbonyl (C=O) groups excluding carboxylic acids is 2. The first kappa shape index (κ1) is 19.4. The Labute approximate surface area is 169 Å². The van der Waals surface area contributed by atoms with Crippen molar-refractivity contribution in [2.75, 3.05) is 11.5 Å². The Morgan fingerprint density at radius 3 is 2.86 bits per heavy atom. The minimum atomic E-state index is -0.990. The molecule has 0 saturated heterocycles. The monoisotopic (exact) mass is 416 g/mol. The average molecular weight is 416 g/mol. The second-order valence-electron chi connectivity index (χ2n) is 6.78. The predicted molar refractivity (Wildman–Crippen MR) is 106 cm³/mol. The maximum Gasteiger partial charge on any atom is 0.306 e. The molecule has 0 bridgehead atoms. The van der Waals surface area contributed by atoms with Gasteiger partial charge in [-0.1, -0.05) is 18.2 Å². The summed E-state index contributed by atoms with van der Waals surface area (Å²) in [5, 5.41) is 0.490. The van der Waals surface area contributed by atoms with Crippen molar-refractivity contribution in [1.29, 1.82) is 0 Å². The van der Waals surface area contributed by atoms with Crippen LogP contribution in [0.15, 0.2) is 36.4 Å². The molecule has 1 aliphatic heterocycles. The standard InChI is InChI=1S/C21H18F2N2O3S/c1-2-28-18(26)10-13-9-12-5-3-4-6-15(12)25(21(13)27)11-17-24-20-16(29-17)8-7-14(22)19(20)23/h3-8,13H,2,9-11H2,1H3. The Hall–Kier alpha value is -2.87. The molecule has 2 aromatic carbocycles. The lowest BCUT2D eigenvalue weighted by Gasteiger charge is -2.33. The number of ether oxygens (including phenoxy) is 1. The normalized spacial score (nSPS) is 16.2. The number of aromatic nitrogens is 1. The Bertz CT molecular complexity index is 1100. The van der Waals surface area contributed by atoms with Crippen LogP contribution < -0.4 is 4.90 Å². The summed E-state index contributed by atoms with van der Waals surface area (Å²) in [4.78, 5) is 30.8. The molecule has 1 unspecified atom stereocenters. The SMILES string of the molecule is CCOC(=O)CC1Cc2ccccc2N(Cc2nc3c(F)c(F)ccc3s2)C1=O. The van der Waals surface area contributed by atoms with Gasteiger partial charge in [0.1, 0.15) is 10.5 Å². The van der Waals surface area contributed by atoms with E-state index in [9.17, 15) is 18.4 Å². The number of anilines is 1. The quantitative estimate of drug-likeness (QED) is 0.584. The molecule has 1 amide bonds. The van der Waals surface area contributed by atoms with E-state index in [0.29, 0.717) is 16.1 Å². The number of hydrogen-bond acceptors (Lipinski definition) is 5. The number of rotatable bonds is 5. The van der Waals surface area contributed by atoms with Crippen molar-refractivity contribution in [1.82, 2.24) is 4.98 Å². The summed E-state index contributed by atoms with van der Waals surface area (Å²) in [6.07, 6.45) is 0.446. The van der Waals surface area contributed by atoms with Gasteiger partial charge in [0.2, 0.25) is 5.91 Å². The average Bonchev–Trinajstić information content (AvgIpc) is 3.12. The lowest BCUT2D eigenvalue weighted by molar-refractivity contribution is -0.146. The topological polar surface area (TPSA) is 59.5 Å². The maximum atomic E-state index is 14.0. The highest BCUT2D eigenvalue weighted by atomic mass is 32.1. The Kier molecular flexibility index (Phi) is 5.27. The van der Waals surface area contributed by atoms with Crippen LogP contribution in [0.1, 0.15) is 23.9 Å². The number of fused-ring (bicyclic) bond motifs is 2. The van der Waals surface area contributed by atoms with E-state index < -0.39 is 23.5 Å². The number of thiazole rings is 1. The van der Waals surface area contributed by atoms with Crippen LogP contribution in [-0.2, 0) is 27.3 Å². The van der Waals surface area contributed by atoms with Gasteiger partial charge in [0.25, 0.3) is 0 Å². The number of hydrogen-bond donors (Lipinski definition) is 0. The first-order chi connectivity index (χ1) is 14.0. The molecule has 1 aliphatic rings. The molecule has 0 N–H and O–H groups in total. The first-order valence-electron chi connectivity index (χ1n) is 9.26. The van der Waals surface area contributed by atoms with Gasteiger partial charge in [-0.25, -0.2) is 13.8 Å². The van der Waals surface area contributed by atoms with E-state index in [1.807, 2.05) is 24.3 Å². The molecule has 0 fully saturated rings. The third-order valence-electron chi connectivity index (χ3n) is 4.87. The Balaban J connectivity index is 1.67. The molecule has 0 saturated carbocycles. The third kappa shape index (κ3) is 3.72. The molecule has 0 spiro atoms. The summed E-state index contributed by atoms with van der Waals surface area (Å²) in [5.74, 6) is -3.10. The molecule has 1 aromatic heterocycles. The largest absolute Gasteiger partial charge is 0.466 e. The highest BCUT2D eigenvalue weighted by Crippen LogP contribution is 2.35. The molecule has 0 aliphatic carbocycles. The molecule has 3 aromatic rings. The Morgan fingerprint density at radius 2 is 2.07 bits per heavy atom. The molecule has 8 heteroatoms. The minimum Gasteiger partial charge on any atom is -0.466 e. The highest BCUT2D eigenvalue weighted by Gasteiger charge is 2.35. The third-order valence-corrected chi connectivity index (χ3v) is 5.88. The van der Waals surface area contributed by atoms with Gasteiger partial charge in [0, 0.05) is 5.69 Å². The fraction of sp³-hybridized carbons (Fsp3) is 0.286. The molecule has 0 radical (unpaired) electrons. The van der Waals surface area contributed by atoms with Crippen LogP contribution in [0.3, 0.4) is 0 Å². The summed E-state index contributed by atoms with van der Waals surface area (Å²) >= 11 is 1.21. The zero-order valence-electron chi connectivity index (χ0n) is 15.7. The number of esters is 1. The second-order valence-corrected chi connectivity index (χ2v) is 7.89. The molecule has 5 nitrogen and oxygen atoms in total. The van der Waals surface area contributed by atoms with Crippen molar-refractivity contribution >= 4 is 39.1 Å². The molecule has 150 valence electrons. The van der Waals surface area contributed by atoms with E-state index in [4.69, 9.17) is 4.74 Å². The smallest absolute Gasteiger partial charge is 0.306 e. The number of halogens is 2. The van der Waals surface area contributed by atoms with E-state index in [-0.39, 0.29) is 31.0 Å². The van der Waals surface area contributed by atoms with Gasteiger partial charge in [-0.2, -0.15) is 0 Å². The summed E-state index contributed by atoms with van der Waals surface area (Å²) < 4.78 is 33.0. The zero-order valence-corrected chi connectivity index (χ0v) is 16.5. The van der Waals surface area contributed by atoms with Gasteiger partial charge in [-0.15, -0.1) is 11.3 Å². The van der Waals surface area contributed by atoms with Crippen LogP contribution >= 0.6 is 11.3 Å². The fourth-order valence-electron chi connectivity index (χ4n) is 3.57. The lowest BCUT2D eigenvalue weighted by atomic mass is 9.89. The van der Waals surface area contributed by atoms with Crippen LogP contribution in [-0.4, -0.2) is 23.5 Å². The van der Waals surface area contributed by atoms with Crippen molar-refractivity contribution in [3.05, 3.63) is 58.6 Å². The van der Waals surface area contributed by atoms with E-state index in [2.05, 4.69) is 4.98 Å². The summed E-state index contributed by atoms with van der Waals surface area (Å²) in [6, 6.07) is 10.0. The van der Waals surface area contributed by atoms with Gasteiger partial charge in [0.15, 0.2) is 11.6 Å². The van der Waals surface area contributed by atoms with Crippen LogP contribution in [0.2, 0.25) is 0 Å². The van der Waals surface area contributed by atoms with Gasteiger partial charge in [-0.3, -0.25) is 9.59 Å². The summed E-state index contributed by atoms with van der Waals surface area (Å²) in [6.45, 7) is 2.10. The van der Waals surface area contributed by atoms with Gasteiger partial charge < -0.3 is 9.64 Å². The van der Waals surface area contributed by atoms with Crippen molar-refractivity contribution in [3.8, 4) is 0 Å². The summed E-state index contributed by atoms with van der Waals surface area (Å²) in [5.41, 5.74) is 1.65. The number of para-hydroxylation sites is 1. The van der Waals surface area contributed by atoms with E-state index in [0.717, 1.165) is 17.3 Å². The van der Waals surface area contributed by atoms with Crippen molar-refractivity contribution < 1.29 is 23.1 Å². The van der Waals surface area contributed by atoms with Gasteiger partial charge in [0.05, 0.1) is 30.2 Å². The van der Waals surface area contributed by atoms with Crippen LogP contribution in [0.4, 0.5) is 14.5 Å². The first-order valence-corrected chi connectivity index (χ1v) is 10.1. The molecular formula is C21H18F2N2O3S. The number of nitrogens with zero attached hydrogens (tertiary/aromatic N) is 2. The second kappa shape index (κ2) is 7.87. The minimum absolute atomic E-state index is 0.00279. The number of amides is 1. The van der Waals surface area contributed by atoms with Crippen LogP contribution in [0, 0.1) is 17.6 Å². The van der Waals surface area contributed by atoms with E-state index in [1.54, 1.807) is 11.8 Å². The fourth-order valence-corrected chi connectivity index (χ4v) is 4.52. The van der Waals surface area contributed by atoms with Crippen molar-refractivity contribution in [2.45, 2.75) is 26.3 Å². The van der Waals surface area contributed by atoms with Gasteiger partial charge in [-0.05, 0) is 37.1 Å². The Morgan fingerprint density at radius 1 is 1.28 bits per heavy atom.